The molecule has 1 aliphatic rings. The number of rotatable bonds is 2. The number of carbonyl (C=O) groups excluding carboxylic acids is 1. The number of hydrogen-bond acceptors (Lipinski definition) is 4. The Morgan fingerprint density at radius 1 is 1.11 bits per heavy atom. The molecule has 1 aliphatic heterocycles. The normalized spacial score (nSPS) is 20.8. The number of cyclic esters (lactones) is 1. The lowest BCUT2D eigenvalue weighted by molar-refractivity contribution is -0.129. The second-order valence-electron chi connectivity index (χ2n) is 4.31. The lowest BCUT2D eigenvalue weighted by Gasteiger charge is -2.22. The molecule has 19 heavy (non-hydrogen) atoms. The number of ether oxygens (including phenoxy) is 2. The molecule has 96 valence electrons. The second kappa shape index (κ2) is 4.10. The minimum atomic E-state index is -1.72. The molecular weight excluding hydrogens is 244 g/mol. The summed E-state index contributed by atoms with van der Waals surface area (Å²) >= 11 is 0. The van der Waals surface area contributed by atoms with Crippen molar-refractivity contribution in [2.75, 3.05) is 7.11 Å². The topological polar surface area (TPSA) is 55.8 Å². The molecule has 1 atom stereocenters. The molecule has 0 spiro atoms. The summed E-state index contributed by atoms with van der Waals surface area (Å²) in [6, 6.07) is 13.6. The van der Waals surface area contributed by atoms with E-state index in [1.54, 1.807) is 55.6 Å². The average Bonchev–Trinajstić information content (AvgIpc) is 2.72. The standard InChI is InChI=1S/C15H12O4/c1-18-11-8-6-10(7-9-11)15(17)13-5-3-2-4-12(13)14(16)19-15/h2-9,17H,1H3. The van der Waals surface area contributed by atoms with Crippen LogP contribution >= 0.6 is 0 Å². The van der Waals surface area contributed by atoms with Crippen molar-refractivity contribution >= 4 is 5.97 Å². The fourth-order valence-electron chi connectivity index (χ4n) is 2.23. The Labute approximate surface area is 110 Å². The van der Waals surface area contributed by atoms with Gasteiger partial charge in [0.05, 0.1) is 12.7 Å². The van der Waals surface area contributed by atoms with Crippen molar-refractivity contribution in [2.24, 2.45) is 0 Å². The maximum Gasteiger partial charge on any atom is 0.341 e. The van der Waals surface area contributed by atoms with Gasteiger partial charge >= 0.3 is 5.97 Å². The van der Waals surface area contributed by atoms with Gasteiger partial charge in [-0.3, -0.25) is 0 Å². The van der Waals surface area contributed by atoms with E-state index >= 15 is 0 Å². The highest BCUT2D eigenvalue weighted by atomic mass is 16.7. The summed E-state index contributed by atoms with van der Waals surface area (Å²) in [5.74, 6) is -1.57. The number of methoxy groups -OCH3 is 1. The van der Waals surface area contributed by atoms with Gasteiger partial charge in [-0.15, -0.1) is 0 Å². The van der Waals surface area contributed by atoms with E-state index in [0.717, 1.165) is 0 Å². The molecule has 1 N–H and O–H groups in total. The van der Waals surface area contributed by atoms with Gasteiger partial charge in [0.1, 0.15) is 5.75 Å². The number of aliphatic hydroxyl groups is 1. The van der Waals surface area contributed by atoms with Crippen molar-refractivity contribution in [1.82, 2.24) is 0 Å². The first-order valence-corrected chi connectivity index (χ1v) is 5.85. The Morgan fingerprint density at radius 2 is 1.79 bits per heavy atom. The van der Waals surface area contributed by atoms with Crippen molar-refractivity contribution in [3.63, 3.8) is 0 Å². The van der Waals surface area contributed by atoms with Crippen LogP contribution < -0.4 is 4.74 Å². The zero-order valence-corrected chi connectivity index (χ0v) is 10.3. The SMILES string of the molecule is COc1ccc(C2(O)OC(=O)c3ccccc32)cc1. The van der Waals surface area contributed by atoms with Crippen molar-refractivity contribution in [1.29, 1.82) is 0 Å². The van der Waals surface area contributed by atoms with Gasteiger partial charge in [-0.1, -0.05) is 18.2 Å². The van der Waals surface area contributed by atoms with Gasteiger partial charge in [0.2, 0.25) is 0 Å². The fraction of sp³-hybridized carbons (Fsp3) is 0.133. The van der Waals surface area contributed by atoms with Crippen LogP contribution in [0.1, 0.15) is 21.5 Å². The molecule has 4 heteroatoms. The molecule has 1 heterocycles. The summed E-state index contributed by atoms with van der Waals surface area (Å²) in [4.78, 5) is 11.8. The molecule has 0 saturated heterocycles. The van der Waals surface area contributed by atoms with E-state index in [2.05, 4.69) is 0 Å². The lowest BCUT2D eigenvalue weighted by atomic mass is 9.96. The minimum absolute atomic E-state index is 0.390. The predicted octanol–water partition coefficient (Wildman–Crippen LogP) is 2.06. The van der Waals surface area contributed by atoms with E-state index < -0.39 is 11.8 Å². The Bertz CT molecular complexity index is 633. The van der Waals surface area contributed by atoms with Crippen LogP contribution in [0.2, 0.25) is 0 Å². The molecule has 0 amide bonds. The summed E-state index contributed by atoms with van der Waals surface area (Å²) in [5, 5.41) is 10.7. The summed E-state index contributed by atoms with van der Waals surface area (Å²) in [5.41, 5.74) is 1.34. The maximum absolute atomic E-state index is 11.8. The van der Waals surface area contributed by atoms with Crippen molar-refractivity contribution in [3.05, 3.63) is 65.2 Å². The number of hydrogen-bond donors (Lipinski definition) is 1. The summed E-state index contributed by atoms with van der Waals surface area (Å²) in [7, 11) is 1.56. The van der Waals surface area contributed by atoms with Crippen LogP contribution in [-0.2, 0) is 10.5 Å². The van der Waals surface area contributed by atoms with Crippen molar-refractivity contribution < 1.29 is 19.4 Å². The Kier molecular flexibility index (Phi) is 2.54. The van der Waals surface area contributed by atoms with Crippen molar-refractivity contribution in [3.8, 4) is 5.75 Å². The number of benzene rings is 2. The van der Waals surface area contributed by atoms with Crippen LogP contribution in [0.15, 0.2) is 48.5 Å². The quantitative estimate of drug-likeness (QED) is 0.836. The molecule has 0 aromatic heterocycles. The highest BCUT2D eigenvalue weighted by Crippen LogP contribution is 2.39. The molecule has 2 aromatic carbocycles. The van der Waals surface area contributed by atoms with Crippen LogP contribution in [-0.4, -0.2) is 18.2 Å². The molecule has 0 saturated carbocycles. The highest BCUT2D eigenvalue weighted by Gasteiger charge is 2.45. The molecule has 0 bridgehead atoms. The van der Waals surface area contributed by atoms with Crippen LogP contribution in [0.5, 0.6) is 5.75 Å². The first-order chi connectivity index (χ1) is 9.15. The molecule has 4 nitrogen and oxygen atoms in total. The molecule has 2 aromatic rings. The van der Waals surface area contributed by atoms with E-state index in [1.165, 1.54) is 0 Å². The van der Waals surface area contributed by atoms with Gasteiger partial charge in [0.25, 0.3) is 5.79 Å². The van der Waals surface area contributed by atoms with E-state index in [4.69, 9.17) is 9.47 Å². The molecule has 0 fully saturated rings. The summed E-state index contributed by atoms with van der Waals surface area (Å²) in [6.07, 6.45) is 0. The third-order valence-electron chi connectivity index (χ3n) is 3.23. The second-order valence-corrected chi connectivity index (χ2v) is 4.31. The van der Waals surface area contributed by atoms with Crippen LogP contribution in [0.3, 0.4) is 0 Å². The average molecular weight is 256 g/mol. The molecule has 0 aliphatic carbocycles. The smallest absolute Gasteiger partial charge is 0.341 e. The Balaban J connectivity index is 2.11. The monoisotopic (exact) mass is 256 g/mol. The molecule has 1 unspecified atom stereocenters. The van der Waals surface area contributed by atoms with Gasteiger partial charge < -0.3 is 14.6 Å². The minimum Gasteiger partial charge on any atom is -0.497 e. The van der Waals surface area contributed by atoms with Crippen LogP contribution in [0.4, 0.5) is 0 Å². The largest absolute Gasteiger partial charge is 0.497 e. The number of esters is 1. The van der Waals surface area contributed by atoms with Gasteiger partial charge in [-0.2, -0.15) is 0 Å². The van der Waals surface area contributed by atoms with E-state index in [1.807, 2.05) is 0 Å². The summed E-state index contributed by atoms with van der Waals surface area (Å²) in [6.45, 7) is 0. The zero-order valence-electron chi connectivity index (χ0n) is 10.3. The van der Waals surface area contributed by atoms with E-state index in [-0.39, 0.29) is 0 Å². The first-order valence-electron chi connectivity index (χ1n) is 5.85. The number of fused-ring (bicyclic) bond motifs is 1. The predicted molar refractivity (Wildman–Crippen MR) is 67.9 cm³/mol. The summed E-state index contributed by atoms with van der Waals surface area (Å²) < 4.78 is 10.2. The van der Waals surface area contributed by atoms with Gasteiger partial charge in [0, 0.05) is 11.1 Å². The third kappa shape index (κ3) is 1.69. The van der Waals surface area contributed by atoms with Crippen LogP contribution in [0.25, 0.3) is 0 Å². The Morgan fingerprint density at radius 3 is 2.47 bits per heavy atom. The van der Waals surface area contributed by atoms with Gasteiger partial charge in [-0.05, 0) is 30.3 Å². The fourth-order valence-corrected chi connectivity index (χ4v) is 2.23. The van der Waals surface area contributed by atoms with E-state index in [9.17, 15) is 9.90 Å². The Hall–Kier alpha value is -2.33. The van der Waals surface area contributed by atoms with Crippen molar-refractivity contribution in [2.45, 2.75) is 5.79 Å². The maximum atomic E-state index is 11.8. The van der Waals surface area contributed by atoms with Gasteiger partial charge in [0.15, 0.2) is 0 Å². The van der Waals surface area contributed by atoms with Crippen LogP contribution in [0, 0.1) is 0 Å². The lowest BCUT2D eigenvalue weighted by Crippen LogP contribution is -2.27. The third-order valence-corrected chi connectivity index (χ3v) is 3.23. The van der Waals surface area contributed by atoms with Gasteiger partial charge in [-0.25, -0.2) is 4.79 Å². The molecule has 0 radical (unpaired) electrons. The molecule has 3 rings (SSSR count). The number of carbonyl (C=O) groups is 1. The first kappa shape index (κ1) is 11.7. The van der Waals surface area contributed by atoms with E-state index in [0.29, 0.717) is 22.4 Å². The highest BCUT2D eigenvalue weighted by molar-refractivity contribution is 5.95. The molecular formula is C15H12O4. The zero-order chi connectivity index (χ0) is 13.5.